The lowest BCUT2D eigenvalue weighted by molar-refractivity contribution is 0.0464. The molecule has 2 heterocycles. The Kier molecular flexibility index (Phi) is 8.72. The van der Waals surface area contributed by atoms with Gasteiger partial charge in [0.05, 0.1) is 5.56 Å². The molecule has 0 radical (unpaired) electrons. The van der Waals surface area contributed by atoms with Crippen molar-refractivity contribution in [3.8, 4) is 33.4 Å². The Labute approximate surface area is 361 Å². The highest BCUT2D eigenvalue weighted by molar-refractivity contribution is 7.27. The van der Waals surface area contributed by atoms with E-state index < -0.39 is 6.10 Å². The predicted octanol–water partition coefficient (Wildman–Crippen LogP) is 16.4. The first-order valence-electron chi connectivity index (χ1n) is 21.9. The predicted molar refractivity (Wildman–Crippen MR) is 257 cm³/mol. The van der Waals surface area contributed by atoms with Crippen LogP contribution in [0.25, 0.3) is 73.7 Å². The number of benzene rings is 6. The summed E-state index contributed by atoms with van der Waals surface area (Å²) >= 11 is 3.78. The maximum absolute atomic E-state index is 12.6. The average Bonchev–Trinajstić information content (AvgIpc) is 4.03. The van der Waals surface area contributed by atoms with Gasteiger partial charge in [0.15, 0.2) is 0 Å². The molecule has 0 N–H and O–H groups in total. The van der Waals surface area contributed by atoms with Crippen LogP contribution in [0.15, 0.2) is 135 Å². The highest BCUT2D eigenvalue weighted by atomic mass is 32.1. The van der Waals surface area contributed by atoms with Crippen molar-refractivity contribution >= 4 is 69.0 Å². The first-order chi connectivity index (χ1) is 29.2. The minimum atomic E-state index is -0.506. The Bertz CT molecular complexity index is 3040. The molecule has 298 valence electrons. The van der Waals surface area contributed by atoms with Gasteiger partial charge in [-0.1, -0.05) is 112 Å². The van der Waals surface area contributed by atoms with E-state index in [1.54, 1.807) is 23.3 Å². The Hall–Kier alpha value is -5.29. The number of carbonyl (C=O) groups excluding carboxylic acids is 1. The van der Waals surface area contributed by atoms with E-state index in [2.05, 4.69) is 119 Å². The lowest BCUT2D eigenvalue weighted by Crippen LogP contribution is -2.45. The molecule has 2 fully saturated rings. The van der Waals surface area contributed by atoms with E-state index in [4.69, 9.17) is 4.74 Å². The summed E-state index contributed by atoms with van der Waals surface area (Å²) in [5, 5.41) is 5.26. The smallest absolute Gasteiger partial charge is 0.339 e. The minimum Gasteiger partial charge on any atom is -0.450 e. The van der Waals surface area contributed by atoms with Gasteiger partial charge in [-0.2, -0.15) is 0 Å². The third-order valence-corrected chi connectivity index (χ3v) is 17.3. The van der Waals surface area contributed by atoms with Gasteiger partial charge in [-0.05, 0) is 155 Å². The Morgan fingerprint density at radius 1 is 0.600 bits per heavy atom. The van der Waals surface area contributed by atoms with Crippen LogP contribution in [0.5, 0.6) is 0 Å². The van der Waals surface area contributed by atoms with Crippen LogP contribution in [-0.2, 0) is 10.2 Å². The molecule has 0 unspecified atom stereocenters. The number of carbonyl (C=O) groups is 1. The first kappa shape index (κ1) is 37.7. The van der Waals surface area contributed by atoms with Crippen LogP contribution in [0.4, 0.5) is 0 Å². The zero-order chi connectivity index (χ0) is 41.0. The number of aryl methyl sites for hydroxylation is 1. The normalized spacial score (nSPS) is 21.5. The van der Waals surface area contributed by atoms with Gasteiger partial charge >= 0.3 is 5.97 Å². The van der Waals surface area contributed by atoms with Gasteiger partial charge in [0.25, 0.3) is 0 Å². The summed E-state index contributed by atoms with van der Waals surface area (Å²) in [6.45, 7) is 14.6. The lowest BCUT2D eigenvalue weighted by atomic mass is 9.54. The van der Waals surface area contributed by atoms with Crippen LogP contribution in [0.3, 0.4) is 0 Å². The maximum atomic E-state index is 12.6. The Morgan fingerprint density at radius 2 is 1.07 bits per heavy atom. The highest BCUT2D eigenvalue weighted by Gasteiger charge is 2.73. The number of rotatable bonds is 10. The van der Waals surface area contributed by atoms with Crippen molar-refractivity contribution in [1.82, 2.24) is 0 Å². The van der Waals surface area contributed by atoms with Crippen molar-refractivity contribution in [3.05, 3.63) is 157 Å². The second-order valence-corrected chi connectivity index (χ2v) is 20.2. The number of hydrogen-bond acceptors (Lipinski definition) is 4. The molecular weight excluding hydrogens is 769 g/mol. The molecule has 60 heavy (non-hydrogen) atoms. The fourth-order valence-electron chi connectivity index (χ4n) is 12.7. The summed E-state index contributed by atoms with van der Waals surface area (Å²) in [6.07, 6.45) is 13.2. The maximum Gasteiger partial charge on any atom is 0.339 e. The zero-order valence-electron chi connectivity index (χ0n) is 34.8. The molecule has 0 amide bonds. The van der Waals surface area contributed by atoms with Gasteiger partial charge in [0.2, 0.25) is 0 Å². The third kappa shape index (κ3) is 5.20. The van der Waals surface area contributed by atoms with Gasteiger partial charge in [-0.3, -0.25) is 0 Å². The molecule has 11 rings (SSSR count). The molecule has 2 bridgehead atoms. The SMILES string of the molecule is C=CC(C=C)OC(=O)c1ccc(-c2ccc3c(c2)sc2cc4c(cc23)sc2cc(-c3ccc5c(c3)C3(c6cc(C)ccc6-5)C5(CCC)CCC3(CCC)CC5)ccc24)cc1. The summed E-state index contributed by atoms with van der Waals surface area (Å²) < 4.78 is 10.7. The van der Waals surface area contributed by atoms with Crippen LogP contribution in [0.1, 0.15) is 92.3 Å². The topological polar surface area (TPSA) is 26.3 Å². The Balaban J connectivity index is 0.959. The largest absolute Gasteiger partial charge is 0.450 e. The number of esters is 1. The van der Waals surface area contributed by atoms with Crippen LogP contribution < -0.4 is 0 Å². The minimum absolute atomic E-state index is 0.0945. The standard InChI is InChI=1S/C56H50O2S2/c1-6-22-54-24-26-55(23-7-2,27-25-54)56(54)47-28-34(5)10-18-41(47)42-19-15-37(29-48(42)56)39-17-21-44-46-33-51-45(32-52(46)60-50(44)31-39)43-20-16-38(30-49(43)59-51)35-11-13-36(14-12-35)53(57)58-40(8-3)9-4/h8-21,28-33,40H,3-4,6-7,22-27H2,1-2,5H3. The molecule has 2 saturated carbocycles. The number of ether oxygens (including phenoxy) is 1. The molecule has 3 aliphatic carbocycles. The third-order valence-electron chi connectivity index (χ3n) is 15.1. The molecule has 2 nitrogen and oxygen atoms in total. The van der Waals surface area contributed by atoms with E-state index in [1.165, 1.54) is 120 Å². The molecule has 8 aromatic rings. The summed E-state index contributed by atoms with van der Waals surface area (Å²) in [6, 6.07) is 41.4. The second kappa shape index (κ2) is 13.9. The molecule has 2 aromatic heterocycles. The van der Waals surface area contributed by atoms with Gasteiger partial charge < -0.3 is 4.74 Å². The lowest BCUT2D eigenvalue weighted by Gasteiger charge is -2.48. The van der Waals surface area contributed by atoms with Crippen LogP contribution in [-0.4, -0.2) is 12.1 Å². The quantitative estimate of drug-likeness (QED) is 0.101. The van der Waals surface area contributed by atoms with E-state index >= 15 is 0 Å². The molecule has 0 saturated heterocycles. The molecule has 0 atom stereocenters. The summed E-state index contributed by atoms with van der Waals surface area (Å²) in [4.78, 5) is 12.6. The highest BCUT2D eigenvalue weighted by Crippen LogP contribution is 2.81. The Morgan fingerprint density at radius 3 is 1.62 bits per heavy atom. The first-order valence-corrected chi connectivity index (χ1v) is 23.5. The van der Waals surface area contributed by atoms with Crippen molar-refractivity contribution < 1.29 is 9.53 Å². The monoisotopic (exact) mass is 818 g/mol. The van der Waals surface area contributed by atoms with Crippen molar-refractivity contribution in [2.24, 2.45) is 10.8 Å². The van der Waals surface area contributed by atoms with Crippen molar-refractivity contribution in [2.75, 3.05) is 0 Å². The van der Waals surface area contributed by atoms with Gasteiger partial charge in [-0.15, -0.1) is 22.7 Å². The molecule has 1 spiro atoms. The van der Waals surface area contributed by atoms with Crippen LogP contribution >= 0.6 is 22.7 Å². The number of thiophene rings is 2. The fraction of sp³-hybridized carbons (Fsp3) is 0.268. The van der Waals surface area contributed by atoms with Crippen molar-refractivity contribution in [2.45, 2.75) is 83.7 Å². The van der Waals surface area contributed by atoms with Crippen LogP contribution in [0, 0.1) is 17.8 Å². The van der Waals surface area contributed by atoms with Crippen molar-refractivity contribution in [3.63, 3.8) is 0 Å². The summed E-state index contributed by atoms with van der Waals surface area (Å²) in [5.74, 6) is -0.385. The average molecular weight is 819 g/mol. The molecular formula is C56H50O2S2. The van der Waals surface area contributed by atoms with E-state index in [1.807, 2.05) is 46.9 Å². The van der Waals surface area contributed by atoms with Gasteiger partial charge in [-0.25, -0.2) is 4.79 Å². The van der Waals surface area contributed by atoms with E-state index in [0.29, 0.717) is 16.4 Å². The van der Waals surface area contributed by atoms with E-state index in [9.17, 15) is 4.79 Å². The zero-order valence-corrected chi connectivity index (χ0v) is 36.5. The second-order valence-electron chi connectivity index (χ2n) is 18.0. The van der Waals surface area contributed by atoms with Gasteiger partial charge in [0.1, 0.15) is 6.10 Å². The summed E-state index contributed by atoms with van der Waals surface area (Å²) in [7, 11) is 0. The number of hydrogen-bond donors (Lipinski definition) is 0. The molecule has 6 aromatic carbocycles. The van der Waals surface area contributed by atoms with E-state index in [0.717, 1.165) is 11.1 Å². The van der Waals surface area contributed by atoms with Crippen molar-refractivity contribution in [1.29, 1.82) is 0 Å². The summed E-state index contributed by atoms with van der Waals surface area (Å²) in [5.41, 5.74) is 13.8. The van der Waals surface area contributed by atoms with Gasteiger partial charge in [0, 0.05) is 45.8 Å². The van der Waals surface area contributed by atoms with E-state index in [-0.39, 0.29) is 11.4 Å². The van der Waals surface area contributed by atoms with Crippen LogP contribution in [0.2, 0.25) is 0 Å². The molecule has 4 heteroatoms. The fourth-order valence-corrected chi connectivity index (χ4v) is 15.0. The number of fused-ring (bicyclic) bond motifs is 9. The molecule has 3 aliphatic rings. The molecule has 0 aliphatic heterocycles.